The molecule has 0 radical (unpaired) electrons. The highest BCUT2D eigenvalue weighted by Gasteiger charge is 2.31. The van der Waals surface area contributed by atoms with Gasteiger partial charge in [0.05, 0.1) is 25.6 Å². The van der Waals surface area contributed by atoms with Gasteiger partial charge in [0.2, 0.25) is 5.91 Å². The van der Waals surface area contributed by atoms with Crippen LogP contribution in [0.4, 0.5) is 5.82 Å². The Morgan fingerprint density at radius 3 is 2.65 bits per heavy atom. The second kappa shape index (κ2) is 10.8. The van der Waals surface area contributed by atoms with Crippen LogP contribution < -0.4 is 4.90 Å². The fourth-order valence-electron chi connectivity index (χ4n) is 5.36. The molecular weight excluding hydrogens is 464 g/mol. The van der Waals surface area contributed by atoms with Gasteiger partial charge in [0, 0.05) is 36.5 Å². The van der Waals surface area contributed by atoms with Gasteiger partial charge in [-0.05, 0) is 48.4 Å². The van der Waals surface area contributed by atoms with E-state index in [9.17, 15) is 9.59 Å². The molecule has 1 fully saturated rings. The van der Waals surface area contributed by atoms with Gasteiger partial charge in [-0.2, -0.15) is 0 Å². The van der Waals surface area contributed by atoms with Crippen LogP contribution in [0, 0.1) is 0 Å². The summed E-state index contributed by atoms with van der Waals surface area (Å²) in [5.74, 6) is 1.69. The lowest BCUT2D eigenvalue weighted by Crippen LogP contribution is -2.46. The van der Waals surface area contributed by atoms with E-state index in [1.807, 2.05) is 47.4 Å². The Kier molecular flexibility index (Phi) is 7.33. The number of anilines is 1. The van der Waals surface area contributed by atoms with Gasteiger partial charge in [0.15, 0.2) is 5.82 Å². The summed E-state index contributed by atoms with van der Waals surface area (Å²) in [6.07, 6.45) is 5.19. The third-order valence-corrected chi connectivity index (χ3v) is 7.35. The van der Waals surface area contributed by atoms with Crippen LogP contribution in [0.25, 0.3) is 11.4 Å². The van der Waals surface area contributed by atoms with E-state index in [1.165, 1.54) is 5.56 Å². The first-order chi connectivity index (χ1) is 18.0. The van der Waals surface area contributed by atoms with Crippen molar-refractivity contribution < 1.29 is 14.3 Å². The van der Waals surface area contributed by atoms with Gasteiger partial charge in [0.25, 0.3) is 5.91 Å². The van der Waals surface area contributed by atoms with Crippen molar-refractivity contribution in [3.63, 3.8) is 0 Å². The van der Waals surface area contributed by atoms with E-state index in [4.69, 9.17) is 9.72 Å². The third-order valence-electron chi connectivity index (χ3n) is 7.35. The number of benzene rings is 2. The Hall–Kier alpha value is -3.58. The van der Waals surface area contributed by atoms with E-state index in [-0.39, 0.29) is 17.9 Å². The lowest BCUT2D eigenvalue weighted by Gasteiger charge is -2.35. The zero-order valence-corrected chi connectivity index (χ0v) is 21.8. The standard InChI is InChI=1S/C30H34N4O3/c1-20(2)25-9-4-5-10-26(25)28-31-17-23-16-27(35)34(29(23)32-28)18-21-11-13-22(14-12-21)30(36)33-15-7-6-8-24(33)19-37-3/h4-5,9-14,17,20,24H,6-8,15-16,18-19H2,1-3H3. The molecule has 192 valence electrons. The third kappa shape index (κ3) is 5.14. The molecule has 37 heavy (non-hydrogen) atoms. The number of carbonyl (C=O) groups excluding carboxylic acids is 2. The van der Waals surface area contributed by atoms with Crippen LogP contribution in [0.15, 0.2) is 54.7 Å². The first-order valence-electron chi connectivity index (χ1n) is 13.1. The molecule has 0 N–H and O–H groups in total. The second-order valence-electron chi connectivity index (χ2n) is 10.2. The monoisotopic (exact) mass is 498 g/mol. The highest BCUT2D eigenvalue weighted by molar-refractivity contribution is 6.00. The maximum atomic E-state index is 13.2. The molecule has 3 heterocycles. The van der Waals surface area contributed by atoms with Crippen LogP contribution in [0.5, 0.6) is 0 Å². The van der Waals surface area contributed by atoms with Crippen molar-refractivity contribution >= 4 is 17.6 Å². The molecule has 1 saturated heterocycles. The summed E-state index contributed by atoms with van der Waals surface area (Å²) in [5.41, 5.74) is 4.63. The number of hydrogen-bond donors (Lipinski definition) is 0. The summed E-state index contributed by atoms with van der Waals surface area (Å²) < 4.78 is 5.34. The summed E-state index contributed by atoms with van der Waals surface area (Å²) in [5, 5.41) is 0. The summed E-state index contributed by atoms with van der Waals surface area (Å²) in [4.78, 5) is 39.2. The quantitative estimate of drug-likeness (QED) is 0.458. The Balaban J connectivity index is 1.35. The van der Waals surface area contributed by atoms with Crippen molar-refractivity contribution in [2.45, 2.75) is 58.0 Å². The van der Waals surface area contributed by atoms with Crippen LogP contribution in [-0.2, 0) is 22.5 Å². The highest BCUT2D eigenvalue weighted by Crippen LogP contribution is 2.32. The van der Waals surface area contributed by atoms with Gasteiger partial charge in [-0.15, -0.1) is 0 Å². The topological polar surface area (TPSA) is 75.6 Å². The first kappa shape index (κ1) is 25.1. The van der Waals surface area contributed by atoms with Crippen LogP contribution in [-0.4, -0.2) is 53.0 Å². The number of methoxy groups -OCH3 is 1. The van der Waals surface area contributed by atoms with Crippen LogP contribution in [0.2, 0.25) is 0 Å². The molecule has 0 saturated carbocycles. The van der Waals surface area contributed by atoms with Crippen LogP contribution >= 0.6 is 0 Å². The zero-order chi connectivity index (χ0) is 25.9. The van der Waals surface area contributed by atoms with Crippen molar-refractivity contribution in [3.8, 4) is 11.4 Å². The van der Waals surface area contributed by atoms with Gasteiger partial charge in [-0.3, -0.25) is 14.5 Å². The Bertz CT molecular complexity index is 1290. The average Bonchev–Trinajstić information content (AvgIpc) is 3.23. The minimum absolute atomic E-state index is 0.00877. The maximum absolute atomic E-state index is 13.2. The normalized spacial score (nSPS) is 17.4. The van der Waals surface area contributed by atoms with Crippen molar-refractivity contribution in [2.24, 2.45) is 0 Å². The molecule has 1 atom stereocenters. The first-order valence-corrected chi connectivity index (χ1v) is 13.1. The lowest BCUT2D eigenvalue weighted by atomic mass is 9.97. The number of likely N-dealkylation sites (tertiary alicyclic amines) is 1. The Morgan fingerprint density at radius 1 is 1.11 bits per heavy atom. The lowest BCUT2D eigenvalue weighted by molar-refractivity contribution is -0.117. The highest BCUT2D eigenvalue weighted by atomic mass is 16.5. The molecule has 0 spiro atoms. The zero-order valence-electron chi connectivity index (χ0n) is 21.8. The molecule has 0 aliphatic carbocycles. The smallest absolute Gasteiger partial charge is 0.254 e. The van der Waals surface area contributed by atoms with E-state index in [0.29, 0.717) is 42.7 Å². The SMILES string of the molecule is COCC1CCCCN1C(=O)c1ccc(CN2C(=O)Cc3cnc(-c4ccccc4C(C)C)nc32)cc1. The fourth-order valence-corrected chi connectivity index (χ4v) is 5.36. The largest absolute Gasteiger partial charge is 0.383 e. The Labute approximate surface area is 218 Å². The molecule has 7 heteroatoms. The summed E-state index contributed by atoms with van der Waals surface area (Å²) in [7, 11) is 1.68. The molecule has 1 unspecified atom stereocenters. The Morgan fingerprint density at radius 2 is 1.89 bits per heavy atom. The minimum atomic E-state index is 0.00877. The molecule has 2 amide bonds. The second-order valence-corrected chi connectivity index (χ2v) is 10.2. The molecule has 2 aromatic carbocycles. The number of carbonyl (C=O) groups is 2. The molecular formula is C30H34N4O3. The molecule has 5 rings (SSSR count). The van der Waals surface area contributed by atoms with Crippen molar-refractivity contribution in [1.82, 2.24) is 14.9 Å². The van der Waals surface area contributed by atoms with E-state index in [1.54, 1.807) is 18.2 Å². The summed E-state index contributed by atoms with van der Waals surface area (Å²) in [6, 6.07) is 15.9. The molecule has 2 aliphatic heterocycles. The molecule has 0 bridgehead atoms. The van der Waals surface area contributed by atoms with Crippen molar-refractivity contribution in [2.75, 3.05) is 25.2 Å². The van der Waals surface area contributed by atoms with Crippen molar-refractivity contribution in [3.05, 3.63) is 77.0 Å². The number of nitrogens with zero attached hydrogens (tertiary/aromatic N) is 4. The van der Waals surface area contributed by atoms with E-state index in [2.05, 4.69) is 24.9 Å². The number of piperidine rings is 1. The van der Waals surface area contributed by atoms with Gasteiger partial charge >= 0.3 is 0 Å². The maximum Gasteiger partial charge on any atom is 0.254 e. The molecule has 1 aromatic heterocycles. The number of hydrogen-bond acceptors (Lipinski definition) is 5. The molecule has 2 aliphatic rings. The van der Waals surface area contributed by atoms with Crippen molar-refractivity contribution in [1.29, 1.82) is 0 Å². The van der Waals surface area contributed by atoms with E-state index < -0.39 is 0 Å². The van der Waals surface area contributed by atoms with Gasteiger partial charge < -0.3 is 9.64 Å². The predicted octanol–water partition coefficient (Wildman–Crippen LogP) is 5.00. The van der Waals surface area contributed by atoms with E-state index >= 15 is 0 Å². The number of ether oxygens (including phenoxy) is 1. The average molecular weight is 499 g/mol. The van der Waals surface area contributed by atoms with E-state index in [0.717, 1.165) is 42.5 Å². The molecule has 7 nitrogen and oxygen atoms in total. The van der Waals surface area contributed by atoms with Gasteiger partial charge in [-0.1, -0.05) is 50.2 Å². The fraction of sp³-hybridized carbons (Fsp3) is 0.400. The summed E-state index contributed by atoms with van der Waals surface area (Å²) >= 11 is 0. The summed E-state index contributed by atoms with van der Waals surface area (Å²) in [6.45, 7) is 6.03. The van der Waals surface area contributed by atoms with Crippen LogP contribution in [0.1, 0.15) is 66.1 Å². The molecule has 3 aromatic rings. The number of rotatable bonds is 7. The van der Waals surface area contributed by atoms with Gasteiger partial charge in [-0.25, -0.2) is 9.97 Å². The number of aromatic nitrogens is 2. The minimum Gasteiger partial charge on any atom is -0.383 e. The number of fused-ring (bicyclic) bond motifs is 1. The van der Waals surface area contributed by atoms with Gasteiger partial charge in [0.1, 0.15) is 5.82 Å². The van der Waals surface area contributed by atoms with Crippen LogP contribution in [0.3, 0.4) is 0 Å². The predicted molar refractivity (Wildman–Crippen MR) is 143 cm³/mol. The number of amides is 2.